The number of halogens is 1. The fourth-order valence-electron chi connectivity index (χ4n) is 5.49. The number of rotatable bonds is 1. The van der Waals surface area contributed by atoms with Gasteiger partial charge in [-0.1, -0.05) is 51.1 Å². The third-order valence-corrected chi connectivity index (χ3v) is 6.60. The molecule has 0 spiro atoms. The molecule has 0 fully saturated rings. The molecule has 3 aromatic heterocycles. The van der Waals surface area contributed by atoms with Gasteiger partial charge in [0.1, 0.15) is 12.9 Å². The largest absolute Gasteiger partial charge is 0.305 e. The molecule has 3 heterocycles. The van der Waals surface area contributed by atoms with Gasteiger partial charge in [-0.25, -0.2) is 8.96 Å². The molecule has 0 aliphatic heterocycles. The molecule has 0 saturated heterocycles. The van der Waals surface area contributed by atoms with E-state index in [4.69, 9.17) is 0 Å². The highest BCUT2D eigenvalue weighted by Gasteiger charge is 2.25. The molecule has 154 valence electrons. The van der Waals surface area contributed by atoms with Gasteiger partial charge in [-0.2, -0.15) is 0 Å². The van der Waals surface area contributed by atoms with Gasteiger partial charge in [-0.3, -0.25) is 0 Å². The smallest absolute Gasteiger partial charge is 0.224 e. The summed E-state index contributed by atoms with van der Waals surface area (Å²) in [6.45, 7) is 8.95. The molecule has 0 aliphatic carbocycles. The van der Waals surface area contributed by atoms with Crippen molar-refractivity contribution in [3.63, 3.8) is 0 Å². The number of aryl methyl sites for hydroxylation is 2. The molecule has 0 bridgehead atoms. The number of nitrogens with zero attached hydrogens (tertiary/aromatic N) is 2. The van der Waals surface area contributed by atoms with Crippen LogP contribution in [0.2, 0.25) is 0 Å². The predicted molar refractivity (Wildman–Crippen MR) is 128 cm³/mol. The van der Waals surface area contributed by atoms with E-state index in [0.717, 1.165) is 28.2 Å². The van der Waals surface area contributed by atoms with Crippen LogP contribution >= 0.6 is 0 Å². The van der Waals surface area contributed by atoms with Gasteiger partial charge < -0.3 is 4.40 Å². The average Bonchev–Trinajstić information content (AvgIpc) is 3.03. The third-order valence-electron chi connectivity index (χ3n) is 6.60. The first-order chi connectivity index (χ1) is 14.7. The maximum Gasteiger partial charge on any atom is 0.224 e. The Hall–Kier alpha value is -3.20. The first kappa shape index (κ1) is 18.6. The van der Waals surface area contributed by atoms with Gasteiger partial charge in [0.15, 0.2) is 6.20 Å². The Morgan fingerprint density at radius 2 is 1.71 bits per heavy atom. The molecule has 6 rings (SSSR count). The van der Waals surface area contributed by atoms with Crippen molar-refractivity contribution < 1.29 is 8.96 Å². The van der Waals surface area contributed by atoms with Crippen molar-refractivity contribution in [1.29, 1.82) is 0 Å². The van der Waals surface area contributed by atoms with Crippen LogP contribution in [0.15, 0.2) is 54.7 Å². The first-order valence-electron chi connectivity index (χ1n) is 10.9. The second kappa shape index (κ2) is 5.94. The summed E-state index contributed by atoms with van der Waals surface area (Å²) in [5, 5.41) is 5.70. The maximum absolute atomic E-state index is 15.3. The van der Waals surface area contributed by atoms with Crippen molar-refractivity contribution in [2.24, 2.45) is 12.5 Å². The van der Waals surface area contributed by atoms with Crippen molar-refractivity contribution in [2.75, 3.05) is 0 Å². The summed E-state index contributed by atoms with van der Waals surface area (Å²) >= 11 is 0. The van der Waals surface area contributed by atoms with Crippen LogP contribution in [-0.4, -0.2) is 4.40 Å². The lowest BCUT2D eigenvalue weighted by atomic mass is 9.87. The van der Waals surface area contributed by atoms with Crippen molar-refractivity contribution in [1.82, 2.24) is 4.40 Å². The SMILES string of the molecule is Cc1ccc2c3cccc(F)c3n3c4cc(CC(C)(C)C)cc5cc[n+](C)c(c1c23)c54. The van der Waals surface area contributed by atoms with E-state index in [-0.39, 0.29) is 11.2 Å². The Labute approximate surface area is 180 Å². The van der Waals surface area contributed by atoms with E-state index in [1.807, 2.05) is 12.1 Å². The normalized spacial score (nSPS) is 13.0. The number of benzene rings is 3. The summed E-state index contributed by atoms with van der Waals surface area (Å²) in [5.74, 6) is -0.171. The van der Waals surface area contributed by atoms with Crippen LogP contribution in [0.5, 0.6) is 0 Å². The van der Waals surface area contributed by atoms with Crippen molar-refractivity contribution in [3.8, 4) is 0 Å². The Balaban J connectivity index is 2.00. The lowest BCUT2D eigenvalue weighted by molar-refractivity contribution is -0.643. The van der Waals surface area contributed by atoms with Crippen LogP contribution < -0.4 is 4.57 Å². The van der Waals surface area contributed by atoms with E-state index < -0.39 is 0 Å². The Bertz CT molecular complexity index is 1660. The van der Waals surface area contributed by atoms with E-state index in [9.17, 15) is 0 Å². The maximum atomic E-state index is 15.3. The molecule has 0 N–H and O–H groups in total. The molecule has 0 atom stereocenters. The fourth-order valence-corrected chi connectivity index (χ4v) is 5.49. The van der Waals surface area contributed by atoms with Gasteiger partial charge in [0.05, 0.1) is 27.3 Å². The monoisotopic (exact) mass is 409 g/mol. The second-order valence-electron chi connectivity index (χ2n) is 10.2. The molecular formula is C28H26FN2+. The highest BCUT2D eigenvalue weighted by Crippen LogP contribution is 2.41. The molecule has 3 aromatic carbocycles. The molecule has 2 nitrogen and oxygen atoms in total. The van der Waals surface area contributed by atoms with Crippen molar-refractivity contribution >= 4 is 49.0 Å². The number of fused-ring (bicyclic) bond motifs is 5. The Morgan fingerprint density at radius 3 is 2.48 bits per heavy atom. The summed E-state index contributed by atoms with van der Waals surface area (Å²) in [5.41, 5.74) is 6.77. The quantitative estimate of drug-likeness (QED) is 0.159. The molecule has 31 heavy (non-hydrogen) atoms. The van der Waals surface area contributed by atoms with Crippen LogP contribution in [0.3, 0.4) is 0 Å². The highest BCUT2D eigenvalue weighted by molar-refractivity contribution is 6.25. The van der Waals surface area contributed by atoms with E-state index in [2.05, 4.69) is 80.2 Å². The molecule has 3 heteroatoms. The Morgan fingerprint density at radius 1 is 0.935 bits per heavy atom. The molecule has 0 radical (unpaired) electrons. The molecule has 0 unspecified atom stereocenters. The molecule has 0 aliphatic rings. The first-order valence-corrected chi connectivity index (χ1v) is 10.9. The van der Waals surface area contributed by atoms with Crippen LogP contribution in [0.4, 0.5) is 4.39 Å². The second-order valence-corrected chi connectivity index (χ2v) is 10.2. The zero-order valence-electron chi connectivity index (χ0n) is 18.7. The lowest BCUT2D eigenvalue weighted by Gasteiger charge is -2.20. The number of pyridine rings is 2. The van der Waals surface area contributed by atoms with Crippen molar-refractivity contribution in [2.45, 2.75) is 34.1 Å². The van der Waals surface area contributed by atoms with Crippen LogP contribution in [0.1, 0.15) is 31.9 Å². The minimum atomic E-state index is -0.171. The van der Waals surface area contributed by atoms with Crippen molar-refractivity contribution in [3.05, 3.63) is 71.7 Å². The van der Waals surface area contributed by atoms with Crippen LogP contribution in [0.25, 0.3) is 49.0 Å². The minimum absolute atomic E-state index is 0.171. The topological polar surface area (TPSA) is 8.29 Å². The predicted octanol–water partition coefficient (Wildman–Crippen LogP) is 6.85. The summed E-state index contributed by atoms with van der Waals surface area (Å²) in [6, 6.07) is 16.6. The highest BCUT2D eigenvalue weighted by atomic mass is 19.1. The molecule has 6 aromatic rings. The van der Waals surface area contributed by atoms with Crippen LogP contribution in [0, 0.1) is 18.2 Å². The summed E-state index contributed by atoms with van der Waals surface area (Å²) in [7, 11) is 2.11. The average molecular weight is 410 g/mol. The van der Waals surface area contributed by atoms with Gasteiger partial charge in [0.2, 0.25) is 5.52 Å². The number of para-hydroxylation sites is 1. The van der Waals surface area contributed by atoms with Crippen LogP contribution in [-0.2, 0) is 13.5 Å². The zero-order chi connectivity index (χ0) is 21.7. The molecule has 0 amide bonds. The van der Waals surface area contributed by atoms with Gasteiger partial charge in [-0.15, -0.1) is 0 Å². The van der Waals surface area contributed by atoms with E-state index in [0.29, 0.717) is 5.52 Å². The molecule has 0 saturated carbocycles. The lowest BCUT2D eigenvalue weighted by Crippen LogP contribution is -2.29. The van der Waals surface area contributed by atoms with Gasteiger partial charge in [0, 0.05) is 16.8 Å². The van der Waals surface area contributed by atoms with Gasteiger partial charge >= 0.3 is 0 Å². The van der Waals surface area contributed by atoms with E-state index in [1.54, 1.807) is 6.07 Å². The summed E-state index contributed by atoms with van der Waals surface area (Å²) in [4.78, 5) is 0. The number of hydrogen-bond donors (Lipinski definition) is 0. The van der Waals surface area contributed by atoms with Gasteiger partial charge in [-0.05, 0) is 47.4 Å². The fraction of sp³-hybridized carbons (Fsp3) is 0.250. The zero-order valence-corrected chi connectivity index (χ0v) is 18.7. The van der Waals surface area contributed by atoms with Gasteiger partial charge in [0.25, 0.3) is 0 Å². The van der Waals surface area contributed by atoms with E-state index >= 15 is 4.39 Å². The standard InChI is InChI=1S/C28H26FN2/c1-16-9-10-20-19-7-6-8-21(29)25(19)31-22-14-17(15-28(2,3)4)13-18-11-12-30(5)27(24(18)22)23(16)26(20)31/h6-14H,15H2,1-5H3/q+1. The summed E-state index contributed by atoms with van der Waals surface area (Å²) in [6.07, 6.45) is 3.12. The Kier molecular flexibility index (Phi) is 3.56. The number of aromatic nitrogens is 2. The number of hydrogen-bond acceptors (Lipinski definition) is 0. The minimum Gasteiger partial charge on any atom is -0.305 e. The molecular weight excluding hydrogens is 383 g/mol. The summed E-state index contributed by atoms with van der Waals surface area (Å²) < 4.78 is 19.7. The van der Waals surface area contributed by atoms with E-state index in [1.165, 1.54) is 32.8 Å². The third kappa shape index (κ3) is 2.46.